The highest BCUT2D eigenvalue weighted by atomic mass is 16.5. The topological polar surface area (TPSA) is 166 Å². The van der Waals surface area contributed by atoms with E-state index in [0.717, 1.165) is 5.56 Å². The summed E-state index contributed by atoms with van der Waals surface area (Å²) in [6.07, 6.45) is 0.592. The van der Waals surface area contributed by atoms with E-state index < -0.39 is 35.8 Å². The van der Waals surface area contributed by atoms with Crippen LogP contribution in [0.15, 0.2) is 40.9 Å². The maximum atomic E-state index is 13.4. The zero-order valence-corrected chi connectivity index (χ0v) is 22.6. The van der Waals surface area contributed by atoms with Gasteiger partial charge in [-0.05, 0) is 24.8 Å². The van der Waals surface area contributed by atoms with Crippen molar-refractivity contribution in [2.45, 2.75) is 58.3 Å². The molecule has 12 heteroatoms. The van der Waals surface area contributed by atoms with E-state index in [4.69, 9.17) is 4.52 Å². The molecule has 1 aromatic carbocycles. The number of aliphatic hydroxyl groups is 1. The summed E-state index contributed by atoms with van der Waals surface area (Å²) < 4.78 is 5.29. The fraction of sp³-hybridized carbons (Fsp3) is 0.519. The lowest BCUT2D eigenvalue weighted by molar-refractivity contribution is -0.132. The molecule has 4 amide bonds. The van der Waals surface area contributed by atoms with Crippen LogP contribution in [0.1, 0.15) is 49.0 Å². The van der Waals surface area contributed by atoms with E-state index in [1.54, 1.807) is 0 Å². The summed E-state index contributed by atoms with van der Waals surface area (Å²) in [5.41, 5.74) is 0.868. The maximum absolute atomic E-state index is 13.4. The van der Waals surface area contributed by atoms with E-state index in [9.17, 15) is 24.3 Å². The van der Waals surface area contributed by atoms with Gasteiger partial charge in [-0.1, -0.05) is 49.3 Å². The minimum Gasteiger partial charge on any atom is -0.395 e. The van der Waals surface area contributed by atoms with E-state index in [0.29, 0.717) is 25.3 Å². The lowest BCUT2D eigenvalue weighted by Crippen LogP contribution is -2.57. The van der Waals surface area contributed by atoms with Crippen molar-refractivity contribution in [3.8, 4) is 0 Å². The van der Waals surface area contributed by atoms with E-state index in [2.05, 4.69) is 26.4 Å². The van der Waals surface area contributed by atoms with Gasteiger partial charge in [0.15, 0.2) is 11.5 Å². The molecule has 1 aliphatic rings. The Labute approximate surface area is 227 Å². The third kappa shape index (κ3) is 9.18. The van der Waals surface area contributed by atoms with Gasteiger partial charge in [-0.2, -0.15) is 0 Å². The molecule has 12 nitrogen and oxygen atoms in total. The summed E-state index contributed by atoms with van der Waals surface area (Å²) in [5, 5.41) is 24.3. The quantitative estimate of drug-likeness (QED) is 0.340. The van der Waals surface area contributed by atoms with Crippen LogP contribution in [0, 0.1) is 5.92 Å². The lowest BCUT2D eigenvalue weighted by atomic mass is 10.0. The number of β-amino-alcohol motifs (C(OH)–C–C–N with tert-alkyl or cyclic N) is 1. The Morgan fingerprint density at radius 1 is 1.03 bits per heavy atom. The van der Waals surface area contributed by atoms with Crippen LogP contribution in [0.5, 0.6) is 0 Å². The number of rotatable bonds is 6. The Balaban J connectivity index is 1.88. The number of nitrogens with zero attached hydrogens (tertiary/aromatic N) is 2. The van der Waals surface area contributed by atoms with Gasteiger partial charge in [-0.15, -0.1) is 0 Å². The van der Waals surface area contributed by atoms with Gasteiger partial charge in [0.05, 0.1) is 13.2 Å². The molecule has 1 aliphatic heterocycles. The average molecular weight is 543 g/mol. The van der Waals surface area contributed by atoms with Gasteiger partial charge in [-0.25, -0.2) is 0 Å². The number of fused-ring (bicyclic) bond motifs is 2. The standard InChI is InChI=1S/C27H38N6O6/c1-17(2)13-21-26(37)31-22(14-19-7-5-4-6-8-19)25(36)28-9-10-33(11-12-34)16-20-15-23(32-39-20)27(38)29-18(3)24(35)30-21/h4-8,15,17-18,21-22,34H,9-14,16H2,1-3H3,(H,28,36)(H,29,38)(H,30,35)(H,31,37)/t18-,21-,22-/m1/s1. The smallest absolute Gasteiger partial charge is 0.274 e. The van der Waals surface area contributed by atoms with E-state index in [-0.39, 0.29) is 43.6 Å². The molecule has 0 fully saturated rings. The lowest BCUT2D eigenvalue weighted by Gasteiger charge is -2.26. The van der Waals surface area contributed by atoms with Gasteiger partial charge in [-0.3, -0.25) is 24.1 Å². The van der Waals surface area contributed by atoms with Crippen LogP contribution in [-0.4, -0.2) is 83.2 Å². The van der Waals surface area contributed by atoms with Gasteiger partial charge in [0.2, 0.25) is 17.7 Å². The number of hydrogen-bond donors (Lipinski definition) is 5. The van der Waals surface area contributed by atoms with Crippen LogP contribution < -0.4 is 21.3 Å². The molecule has 39 heavy (non-hydrogen) atoms. The number of hydrogen-bond acceptors (Lipinski definition) is 8. The average Bonchev–Trinajstić information content (AvgIpc) is 3.36. The van der Waals surface area contributed by atoms with Crippen molar-refractivity contribution < 1.29 is 28.8 Å². The van der Waals surface area contributed by atoms with E-state index in [1.165, 1.54) is 13.0 Å². The first-order valence-corrected chi connectivity index (χ1v) is 13.2. The number of carbonyl (C=O) groups excluding carboxylic acids is 4. The predicted molar refractivity (Wildman–Crippen MR) is 142 cm³/mol. The molecule has 0 unspecified atom stereocenters. The van der Waals surface area contributed by atoms with Crippen molar-refractivity contribution in [1.29, 1.82) is 0 Å². The Kier molecular flexibility index (Phi) is 11.0. The molecule has 3 atom stereocenters. The van der Waals surface area contributed by atoms with Crippen LogP contribution in [0.25, 0.3) is 0 Å². The molecule has 0 saturated carbocycles. The first-order chi connectivity index (χ1) is 18.7. The molecule has 1 aromatic heterocycles. The number of carbonyl (C=O) groups is 4. The Bertz CT molecular complexity index is 1120. The van der Waals surface area contributed by atoms with Crippen molar-refractivity contribution >= 4 is 23.6 Å². The summed E-state index contributed by atoms with van der Waals surface area (Å²) >= 11 is 0. The van der Waals surface area contributed by atoms with Gasteiger partial charge < -0.3 is 30.9 Å². The summed E-state index contributed by atoms with van der Waals surface area (Å²) in [7, 11) is 0. The molecular weight excluding hydrogens is 504 g/mol. The number of benzene rings is 1. The highest BCUT2D eigenvalue weighted by Crippen LogP contribution is 2.10. The molecule has 0 saturated heterocycles. The monoisotopic (exact) mass is 542 g/mol. The zero-order chi connectivity index (χ0) is 28.4. The van der Waals surface area contributed by atoms with Gasteiger partial charge in [0, 0.05) is 32.1 Å². The van der Waals surface area contributed by atoms with Gasteiger partial charge >= 0.3 is 0 Å². The fourth-order valence-corrected chi connectivity index (χ4v) is 4.25. The van der Waals surface area contributed by atoms with Crippen LogP contribution in [-0.2, 0) is 27.3 Å². The maximum Gasteiger partial charge on any atom is 0.274 e. The summed E-state index contributed by atoms with van der Waals surface area (Å²) in [6, 6.07) is 8.03. The third-order valence-corrected chi connectivity index (χ3v) is 6.31. The zero-order valence-electron chi connectivity index (χ0n) is 22.6. The number of aliphatic hydroxyl groups excluding tert-OH is 1. The normalized spacial score (nSPS) is 22.3. The minimum atomic E-state index is -0.965. The molecule has 2 heterocycles. The molecule has 3 rings (SSSR count). The first-order valence-electron chi connectivity index (χ1n) is 13.2. The highest BCUT2D eigenvalue weighted by molar-refractivity contribution is 5.97. The van der Waals surface area contributed by atoms with Crippen LogP contribution in [0.4, 0.5) is 0 Å². The van der Waals surface area contributed by atoms with Crippen molar-refractivity contribution in [2.24, 2.45) is 5.92 Å². The SMILES string of the molecule is CC(C)C[C@H]1NC(=O)[C@@H](C)NC(=O)c2cc(on2)CN(CCO)CCNC(=O)[C@@H](Cc2ccccc2)NC1=O. The Hall–Kier alpha value is -3.77. The Morgan fingerprint density at radius 2 is 1.74 bits per heavy atom. The molecule has 0 radical (unpaired) electrons. The fourth-order valence-electron chi connectivity index (χ4n) is 4.25. The molecule has 0 spiro atoms. The second-order valence-corrected chi connectivity index (χ2v) is 10.1. The van der Waals surface area contributed by atoms with E-state index in [1.807, 2.05) is 49.1 Å². The van der Waals surface area contributed by atoms with Gasteiger partial charge in [0.1, 0.15) is 18.1 Å². The second kappa shape index (κ2) is 14.4. The minimum absolute atomic E-state index is 0.00300. The number of aromatic nitrogens is 1. The largest absolute Gasteiger partial charge is 0.395 e. The summed E-state index contributed by atoms with van der Waals surface area (Å²) in [6.45, 7) is 6.39. The van der Waals surface area contributed by atoms with Crippen LogP contribution in [0.3, 0.4) is 0 Å². The van der Waals surface area contributed by atoms with Crippen LogP contribution in [0.2, 0.25) is 0 Å². The first kappa shape index (κ1) is 29.8. The number of nitrogens with one attached hydrogen (secondary N) is 4. The Morgan fingerprint density at radius 3 is 2.44 bits per heavy atom. The summed E-state index contributed by atoms with van der Waals surface area (Å²) in [5.74, 6) is -1.54. The predicted octanol–water partition coefficient (Wildman–Crippen LogP) is -0.0246. The van der Waals surface area contributed by atoms with Crippen molar-refractivity contribution in [2.75, 3.05) is 26.2 Å². The summed E-state index contributed by atoms with van der Waals surface area (Å²) in [4.78, 5) is 54.1. The molecule has 2 aromatic rings. The molecule has 0 aliphatic carbocycles. The van der Waals surface area contributed by atoms with Crippen molar-refractivity contribution in [3.05, 3.63) is 53.4 Å². The second-order valence-electron chi connectivity index (χ2n) is 10.1. The van der Waals surface area contributed by atoms with Crippen LogP contribution >= 0.6 is 0 Å². The molecule has 5 N–H and O–H groups in total. The van der Waals surface area contributed by atoms with Gasteiger partial charge in [0.25, 0.3) is 5.91 Å². The van der Waals surface area contributed by atoms with E-state index >= 15 is 0 Å². The van der Waals surface area contributed by atoms with Crippen molar-refractivity contribution in [1.82, 2.24) is 31.3 Å². The molecule has 2 bridgehead atoms. The number of amides is 4. The highest BCUT2D eigenvalue weighted by Gasteiger charge is 2.30. The third-order valence-electron chi connectivity index (χ3n) is 6.31. The molecular formula is C27H38N6O6. The van der Waals surface area contributed by atoms with Crippen molar-refractivity contribution in [3.63, 3.8) is 0 Å². The molecule has 212 valence electrons.